The minimum atomic E-state index is -0.328. The number of benzene rings is 1. The van der Waals surface area contributed by atoms with Gasteiger partial charge in [-0.15, -0.1) is 11.3 Å². The number of hydrogen-bond donors (Lipinski definition) is 1. The van der Waals surface area contributed by atoms with Gasteiger partial charge in [0.05, 0.1) is 11.1 Å². The molecule has 0 bridgehead atoms. The average Bonchev–Trinajstić information content (AvgIpc) is 3.39. The summed E-state index contributed by atoms with van der Waals surface area (Å²) >= 11 is 1.36. The van der Waals surface area contributed by atoms with Crippen molar-refractivity contribution in [2.75, 3.05) is 0 Å². The molecule has 1 aromatic carbocycles. The summed E-state index contributed by atoms with van der Waals surface area (Å²) in [6.07, 6.45) is 3.20. The first-order valence-electron chi connectivity index (χ1n) is 9.07. The van der Waals surface area contributed by atoms with Crippen LogP contribution >= 0.6 is 11.3 Å². The molecule has 0 fully saturated rings. The fourth-order valence-electron chi connectivity index (χ4n) is 3.19. The number of amides is 1. The maximum atomic E-state index is 14.2. The molecule has 3 aromatic heterocycles. The Morgan fingerprint density at radius 1 is 1.32 bits per heavy atom. The van der Waals surface area contributed by atoms with Crippen LogP contribution in [0.4, 0.5) is 4.39 Å². The van der Waals surface area contributed by atoms with E-state index in [1.807, 2.05) is 19.1 Å². The number of carbonyl (C=O) groups is 1. The van der Waals surface area contributed by atoms with Gasteiger partial charge in [0.1, 0.15) is 22.1 Å². The zero-order valence-corrected chi connectivity index (χ0v) is 16.4. The van der Waals surface area contributed by atoms with Crippen molar-refractivity contribution < 1.29 is 13.6 Å². The lowest BCUT2D eigenvalue weighted by Crippen LogP contribution is -2.32. The summed E-state index contributed by atoms with van der Waals surface area (Å²) in [5.74, 6) is 0.447. The maximum absolute atomic E-state index is 14.2. The monoisotopic (exact) mass is 397 g/mol. The van der Waals surface area contributed by atoms with Crippen molar-refractivity contribution in [3.63, 3.8) is 0 Å². The largest absolute Gasteiger partial charge is 0.469 e. The minimum absolute atomic E-state index is 0.00646. The third-order valence-electron chi connectivity index (χ3n) is 4.65. The molecule has 7 heteroatoms. The highest BCUT2D eigenvalue weighted by Gasteiger charge is 2.20. The molecule has 0 aliphatic rings. The van der Waals surface area contributed by atoms with Crippen molar-refractivity contribution in [3.8, 4) is 11.3 Å². The Labute approximate surface area is 165 Å². The van der Waals surface area contributed by atoms with Crippen LogP contribution in [0.15, 0.2) is 53.1 Å². The molecule has 0 aliphatic heterocycles. The van der Waals surface area contributed by atoms with E-state index in [9.17, 15) is 9.18 Å². The number of thiophene rings is 1. The van der Waals surface area contributed by atoms with Gasteiger partial charge in [0.15, 0.2) is 0 Å². The second kappa shape index (κ2) is 7.59. The van der Waals surface area contributed by atoms with Crippen molar-refractivity contribution >= 4 is 27.5 Å². The summed E-state index contributed by atoms with van der Waals surface area (Å²) in [6.45, 7) is 1.97. The van der Waals surface area contributed by atoms with Gasteiger partial charge in [0, 0.05) is 30.5 Å². The Morgan fingerprint density at radius 2 is 2.14 bits per heavy atom. The van der Waals surface area contributed by atoms with E-state index in [4.69, 9.17) is 4.42 Å². The molecule has 0 unspecified atom stereocenters. The summed E-state index contributed by atoms with van der Waals surface area (Å²) < 4.78 is 21.2. The van der Waals surface area contributed by atoms with Crippen LogP contribution < -0.4 is 5.32 Å². The second-order valence-electron chi connectivity index (χ2n) is 6.77. The van der Waals surface area contributed by atoms with E-state index in [0.717, 1.165) is 28.8 Å². The average molecular weight is 397 g/mol. The van der Waals surface area contributed by atoms with Crippen molar-refractivity contribution in [1.82, 2.24) is 15.1 Å². The SMILES string of the molecule is C[C@H](CCc1ccco1)NC(=O)c1cc2c(-c3ccccc3F)nn(C)c2s1. The lowest BCUT2D eigenvalue weighted by molar-refractivity contribution is 0.0942. The summed E-state index contributed by atoms with van der Waals surface area (Å²) in [6, 6.07) is 12.1. The fourth-order valence-corrected chi connectivity index (χ4v) is 4.16. The molecule has 28 heavy (non-hydrogen) atoms. The maximum Gasteiger partial charge on any atom is 0.261 e. The van der Waals surface area contributed by atoms with Crippen molar-refractivity contribution in [2.24, 2.45) is 7.05 Å². The van der Waals surface area contributed by atoms with Crippen molar-refractivity contribution in [1.29, 1.82) is 0 Å². The molecule has 0 spiro atoms. The van der Waals surface area contributed by atoms with Crippen LogP contribution in [0.3, 0.4) is 0 Å². The zero-order valence-electron chi connectivity index (χ0n) is 15.6. The number of aryl methyl sites for hydroxylation is 2. The minimum Gasteiger partial charge on any atom is -0.469 e. The van der Waals surface area contributed by atoms with Crippen LogP contribution in [0, 0.1) is 5.82 Å². The quantitative estimate of drug-likeness (QED) is 0.509. The first-order chi connectivity index (χ1) is 13.5. The van der Waals surface area contributed by atoms with Gasteiger partial charge in [-0.2, -0.15) is 5.10 Å². The molecule has 0 aliphatic carbocycles. The van der Waals surface area contributed by atoms with Crippen LogP contribution in [-0.2, 0) is 13.5 Å². The molecule has 144 valence electrons. The summed E-state index contributed by atoms with van der Waals surface area (Å²) in [5.41, 5.74) is 0.987. The number of nitrogens with one attached hydrogen (secondary N) is 1. The van der Waals surface area contributed by atoms with Crippen LogP contribution in [0.25, 0.3) is 21.5 Å². The lowest BCUT2D eigenvalue weighted by atomic mass is 10.1. The van der Waals surface area contributed by atoms with E-state index in [0.29, 0.717) is 16.1 Å². The van der Waals surface area contributed by atoms with Crippen LogP contribution in [0.5, 0.6) is 0 Å². The number of fused-ring (bicyclic) bond motifs is 1. The normalized spacial score (nSPS) is 12.4. The van der Waals surface area contributed by atoms with Crippen LogP contribution in [0.1, 0.15) is 28.8 Å². The van der Waals surface area contributed by atoms with Crippen LogP contribution in [-0.4, -0.2) is 21.7 Å². The number of furan rings is 1. The number of halogens is 1. The summed E-state index contributed by atoms with van der Waals surface area (Å²) in [5, 5.41) is 8.25. The Morgan fingerprint density at radius 3 is 2.89 bits per heavy atom. The molecule has 0 radical (unpaired) electrons. The standard InChI is InChI=1S/C21H20FN3O2S/c1-13(9-10-14-6-5-11-27-14)23-20(26)18-12-16-19(24-25(2)21(16)28-18)15-7-3-4-8-17(15)22/h3-8,11-13H,9-10H2,1-2H3,(H,23,26)/t13-/m1/s1. The highest BCUT2D eigenvalue weighted by Crippen LogP contribution is 2.34. The van der Waals surface area contributed by atoms with E-state index in [2.05, 4.69) is 10.4 Å². The van der Waals surface area contributed by atoms with E-state index in [-0.39, 0.29) is 17.8 Å². The number of rotatable bonds is 6. The van der Waals surface area contributed by atoms with Gasteiger partial charge in [-0.05, 0) is 43.7 Å². The molecule has 4 rings (SSSR count). The highest BCUT2D eigenvalue weighted by molar-refractivity contribution is 7.20. The number of nitrogens with zero attached hydrogens (tertiary/aromatic N) is 2. The van der Waals surface area contributed by atoms with Gasteiger partial charge < -0.3 is 9.73 Å². The van der Waals surface area contributed by atoms with Gasteiger partial charge in [-0.25, -0.2) is 4.39 Å². The van der Waals surface area contributed by atoms with Crippen LogP contribution in [0.2, 0.25) is 0 Å². The van der Waals surface area contributed by atoms with Crippen molar-refractivity contribution in [3.05, 3.63) is 65.2 Å². The molecule has 3 heterocycles. The fraction of sp³-hybridized carbons (Fsp3) is 0.238. The Bertz CT molecular complexity index is 1110. The Hall–Kier alpha value is -2.93. The molecule has 5 nitrogen and oxygen atoms in total. The molecule has 4 aromatic rings. The molecule has 1 atom stereocenters. The Kier molecular flexibility index (Phi) is 5.00. The zero-order chi connectivity index (χ0) is 19.7. The predicted octanol–water partition coefficient (Wildman–Crippen LogP) is 4.79. The summed E-state index contributed by atoms with van der Waals surface area (Å²) in [4.78, 5) is 14.1. The van der Waals surface area contributed by atoms with Gasteiger partial charge in [-0.1, -0.05) is 12.1 Å². The van der Waals surface area contributed by atoms with E-state index >= 15 is 0 Å². The number of aromatic nitrogens is 2. The number of carbonyl (C=O) groups excluding carboxylic acids is 1. The molecule has 0 saturated heterocycles. The van der Waals surface area contributed by atoms with Gasteiger partial charge in [0.25, 0.3) is 5.91 Å². The highest BCUT2D eigenvalue weighted by atomic mass is 32.1. The summed E-state index contributed by atoms with van der Waals surface area (Å²) in [7, 11) is 1.80. The van der Waals surface area contributed by atoms with E-state index in [1.165, 1.54) is 17.4 Å². The molecule has 1 amide bonds. The molecular weight excluding hydrogens is 377 g/mol. The lowest BCUT2D eigenvalue weighted by Gasteiger charge is -2.12. The van der Waals surface area contributed by atoms with Gasteiger partial charge >= 0.3 is 0 Å². The van der Waals surface area contributed by atoms with Crippen molar-refractivity contribution in [2.45, 2.75) is 25.8 Å². The predicted molar refractivity (Wildman–Crippen MR) is 108 cm³/mol. The van der Waals surface area contributed by atoms with Gasteiger partial charge in [0.2, 0.25) is 0 Å². The van der Waals surface area contributed by atoms with Gasteiger partial charge in [-0.3, -0.25) is 9.48 Å². The smallest absolute Gasteiger partial charge is 0.261 e. The second-order valence-corrected chi connectivity index (χ2v) is 7.80. The molecule has 1 N–H and O–H groups in total. The topological polar surface area (TPSA) is 60.1 Å². The number of hydrogen-bond acceptors (Lipinski definition) is 4. The first-order valence-corrected chi connectivity index (χ1v) is 9.89. The Balaban J connectivity index is 1.53. The third-order valence-corrected chi connectivity index (χ3v) is 5.85. The molecular formula is C21H20FN3O2S. The van der Waals surface area contributed by atoms with E-state index < -0.39 is 0 Å². The first kappa shape index (κ1) is 18.4. The van der Waals surface area contributed by atoms with E-state index in [1.54, 1.807) is 42.3 Å². The third kappa shape index (κ3) is 3.57. The molecule has 0 saturated carbocycles.